The fourth-order valence-corrected chi connectivity index (χ4v) is 2.22. The fraction of sp³-hybridized carbons (Fsp3) is 0.125. The molecule has 0 radical (unpaired) electrons. The molecule has 0 aliphatic carbocycles. The number of carbonyl (C=O) groups is 1. The lowest BCUT2D eigenvalue weighted by atomic mass is 10.2. The van der Waals surface area contributed by atoms with Crippen molar-refractivity contribution in [1.82, 2.24) is 0 Å². The molecule has 2 aromatic rings. The number of rotatable bonds is 5. The molecule has 0 saturated carbocycles. The number of aryl methyl sites for hydroxylation is 1. The predicted octanol–water partition coefficient (Wildman–Crippen LogP) is 4.13. The number of halogens is 2. The summed E-state index contributed by atoms with van der Waals surface area (Å²) in [6.45, 7) is 1.68. The third-order valence-corrected chi connectivity index (χ3v) is 3.68. The highest BCUT2D eigenvalue weighted by Gasteiger charge is 2.08. The first-order valence-electron chi connectivity index (χ1n) is 6.65. The van der Waals surface area contributed by atoms with Crippen molar-refractivity contribution in [2.45, 2.75) is 6.92 Å². The normalized spacial score (nSPS) is 10.7. The van der Waals surface area contributed by atoms with Gasteiger partial charge in [0.1, 0.15) is 5.75 Å². The standard InChI is InChI=1S/C16H14Cl2N2O3/c1-10-2-4-12(7-13(10)17)20-16(21)9-23-15-5-3-11(8-19-22)6-14(15)18/h2-8,22H,9H2,1H3,(H,20,21)/b19-8+. The van der Waals surface area contributed by atoms with E-state index in [0.29, 0.717) is 27.0 Å². The van der Waals surface area contributed by atoms with Gasteiger partial charge in [0.15, 0.2) is 6.61 Å². The molecule has 0 aliphatic heterocycles. The molecule has 0 aromatic heterocycles. The number of amides is 1. The molecular weight excluding hydrogens is 339 g/mol. The van der Waals surface area contributed by atoms with Gasteiger partial charge in [-0.2, -0.15) is 0 Å². The van der Waals surface area contributed by atoms with Gasteiger partial charge in [-0.3, -0.25) is 4.79 Å². The number of hydrogen-bond acceptors (Lipinski definition) is 4. The topological polar surface area (TPSA) is 70.9 Å². The Labute approximate surface area is 143 Å². The van der Waals surface area contributed by atoms with Gasteiger partial charge in [-0.15, -0.1) is 0 Å². The minimum atomic E-state index is -0.331. The van der Waals surface area contributed by atoms with Gasteiger partial charge < -0.3 is 15.3 Å². The van der Waals surface area contributed by atoms with Crippen molar-refractivity contribution in [1.29, 1.82) is 0 Å². The number of hydrogen-bond donors (Lipinski definition) is 2. The van der Waals surface area contributed by atoms with Gasteiger partial charge in [0.25, 0.3) is 5.91 Å². The van der Waals surface area contributed by atoms with Crippen molar-refractivity contribution in [3.05, 3.63) is 57.6 Å². The number of oxime groups is 1. The molecule has 7 heteroatoms. The minimum Gasteiger partial charge on any atom is -0.482 e. The Bertz CT molecular complexity index is 748. The molecule has 0 spiro atoms. The summed E-state index contributed by atoms with van der Waals surface area (Å²) in [7, 11) is 0. The first-order valence-corrected chi connectivity index (χ1v) is 7.41. The molecule has 0 fully saturated rings. The molecular formula is C16H14Cl2N2O3. The second kappa shape index (κ2) is 7.85. The van der Waals surface area contributed by atoms with Crippen LogP contribution in [-0.4, -0.2) is 23.9 Å². The van der Waals surface area contributed by atoms with Crippen LogP contribution in [0.25, 0.3) is 0 Å². The molecule has 120 valence electrons. The molecule has 0 saturated heterocycles. The zero-order valence-electron chi connectivity index (χ0n) is 12.2. The lowest BCUT2D eigenvalue weighted by Gasteiger charge is -2.10. The second-order valence-corrected chi connectivity index (χ2v) is 5.55. The molecule has 2 aromatic carbocycles. The summed E-state index contributed by atoms with van der Waals surface area (Å²) in [5.41, 5.74) is 2.14. The fourth-order valence-electron chi connectivity index (χ4n) is 1.79. The number of benzene rings is 2. The smallest absolute Gasteiger partial charge is 0.262 e. The molecule has 0 atom stereocenters. The number of nitrogens with one attached hydrogen (secondary N) is 1. The van der Waals surface area contributed by atoms with E-state index in [1.807, 2.05) is 13.0 Å². The zero-order chi connectivity index (χ0) is 16.8. The Hall–Kier alpha value is -2.24. The molecule has 1 amide bonds. The number of anilines is 1. The van der Waals surface area contributed by atoms with Crippen molar-refractivity contribution >= 4 is 41.0 Å². The van der Waals surface area contributed by atoms with Crippen LogP contribution in [0.1, 0.15) is 11.1 Å². The third-order valence-electron chi connectivity index (χ3n) is 2.98. The van der Waals surface area contributed by atoms with Crippen LogP contribution in [0.4, 0.5) is 5.69 Å². The molecule has 0 unspecified atom stereocenters. The maximum Gasteiger partial charge on any atom is 0.262 e. The molecule has 5 nitrogen and oxygen atoms in total. The van der Waals surface area contributed by atoms with Gasteiger partial charge in [0.2, 0.25) is 0 Å². The van der Waals surface area contributed by atoms with E-state index < -0.39 is 0 Å². The van der Waals surface area contributed by atoms with E-state index in [-0.39, 0.29) is 12.5 Å². The van der Waals surface area contributed by atoms with Crippen molar-refractivity contribution in [2.24, 2.45) is 5.16 Å². The quantitative estimate of drug-likeness (QED) is 0.482. The largest absolute Gasteiger partial charge is 0.482 e. The van der Waals surface area contributed by atoms with Gasteiger partial charge in [0, 0.05) is 10.7 Å². The van der Waals surface area contributed by atoms with Gasteiger partial charge in [-0.1, -0.05) is 34.4 Å². The van der Waals surface area contributed by atoms with Crippen molar-refractivity contribution in [3.63, 3.8) is 0 Å². The lowest BCUT2D eigenvalue weighted by molar-refractivity contribution is -0.118. The summed E-state index contributed by atoms with van der Waals surface area (Å²) in [4.78, 5) is 11.9. The first kappa shape index (κ1) is 17.1. The lowest BCUT2D eigenvalue weighted by Crippen LogP contribution is -2.20. The van der Waals surface area contributed by atoms with E-state index >= 15 is 0 Å². The molecule has 2 N–H and O–H groups in total. The van der Waals surface area contributed by atoms with Crippen molar-refractivity contribution < 1.29 is 14.7 Å². The first-order chi connectivity index (χ1) is 11.0. The Balaban J connectivity index is 1.95. The van der Waals surface area contributed by atoms with Crippen molar-refractivity contribution in [2.75, 3.05) is 11.9 Å². The summed E-state index contributed by atoms with van der Waals surface area (Å²) in [6, 6.07) is 10.1. The molecule has 0 heterocycles. The highest BCUT2D eigenvalue weighted by molar-refractivity contribution is 6.32. The summed E-state index contributed by atoms with van der Waals surface area (Å²) in [5, 5.41) is 15.0. The molecule has 23 heavy (non-hydrogen) atoms. The predicted molar refractivity (Wildman–Crippen MR) is 91.1 cm³/mol. The van der Waals surface area contributed by atoms with Gasteiger partial charge in [-0.05, 0) is 48.4 Å². The number of carbonyl (C=O) groups excluding carboxylic acids is 1. The molecule has 0 aliphatic rings. The van der Waals surface area contributed by atoms with Crippen LogP contribution in [0.3, 0.4) is 0 Å². The van der Waals surface area contributed by atoms with Gasteiger partial charge in [-0.25, -0.2) is 0 Å². The van der Waals surface area contributed by atoms with E-state index in [1.165, 1.54) is 6.21 Å². The highest BCUT2D eigenvalue weighted by Crippen LogP contribution is 2.25. The third kappa shape index (κ3) is 4.87. The average molecular weight is 353 g/mol. The summed E-state index contributed by atoms with van der Waals surface area (Å²) in [6.07, 6.45) is 1.24. The maximum atomic E-state index is 11.9. The van der Waals surface area contributed by atoms with Crippen LogP contribution >= 0.6 is 23.2 Å². The number of nitrogens with zero attached hydrogens (tertiary/aromatic N) is 1. The van der Waals surface area contributed by atoms with Crippen LogP contribution < -0.4 is 10.1 Å². The highest BCUT2D eigenvalue weighted by atomic mass is 35.5. The van der Waals surface area contributed by atoms with E-state index in [1.54, 1.807) is 30.3 Å². The summed E-state index contributed by atoms with van der Waals surface area (Å²) < 4.78 is 5.37. The van der Waals surface area contributed by atoms with Gasteiger partial charge >= 0.3 is 0 Å². The van der Waals surface area contributed by atoms with Crippen LogP contribution in [0, 0.1) is 6.92 Å². The summed E-state index contributed by atoms with van der Waals surface area (Å²) in [5.74, 6) is 0.0285. The second-order valence-electron chi connectivity index (χ2n) is 4.74. The van der Waals surface area contributed by atoms with Crippen LogP contribution in [0.15, 0.2) is 41.6 Å². The SMILES string of the molecule is Cc1ccc(NC(=O)COc2ccc(/C=N/O)cc2Cl)cc1Cl. The minimum absolute atomic E-state index is 0.196. The van der Waals surface area contributed by atoms with Crippen LogP contribution in [-0.2, 0) is 4.79 Å². The van der Waals surface area contributed by atoms with Crippen LogP contribution in [0.2, 0.25) is 10.0 Å². The maximum absolute atomic E-state index is 11.9. The average Bonchev–Trinajstić information content (AvgIpc) is 2.50. The summed E-state index contributed by atoms with van der Waals surface area (Å²) >= 11 is 12.0. The van der Waals surface area contributed by atoms with Crippen LogP contribution in [0.5, 0.6) is 5.75 Å². The van der Waals surface area contributed by atoms with Crippen molar-refractivity contribution in [3.8, 4) is 5.75 Å². The number of ether oxygens (including phenoxy) is 1. The monoisotopic (exact) mass is 352 g/mol. The molecule has 2 rings (SSSR count). The van der Waals surface area contributed by atoms with E-state index in [9.17, 15) is 4.79 Å². The van der Waals surface area contributed by atoms with E-state index in [2.05, 4.69) is 10.5 Å². The van der Waals surface area contributed by atoms with Gasteiger partial charge in [0.05, 0.1) is 11.2 Å². The Morgan fingerprint density at radius 2 is 2.04 bits per heavy atom. The molecule has 0 bridgehead atoms. The Kier molecular flexibility index (Phi) is 5.84. The van der Waals surface area contributed by atoms with E-state index in [4.69, 9.17) is 33.1 Å². The Morgan fingerprint density at radius 3 is 2.70 bits per heavy atom. The Morgan fingerprint density at radius 1 is 1.26 bits per heavy atom. The zero-order valence-corrected chi connectivity index (χ0v) is 13.7. The van der Waals surface area contributed by atoms with E-state index in [0.717, 1.165) is 5.56 Å².